The quantitative estimate of drug-likeness (QED) is 0.838. The molecule has 2 N–H and O–H groups in total. The zero-order valence-corrected chi connectivity index (χ0v) is 14.3. The maximum atomic E-state index is 11.8. The van der Waals surface area contributed by atoms with Gasteiger partial charge in [0.25, 0.3) is 0 Å². The number of nitrogens with one attached hydrogen (secondary N) is 1. The number of carbonyl (C=O) groups excluding carboxylic acids is 1. The summed E-state index contributed by atoms with van der Waals surface area (Å²) in [5, 5.41) is 22.8. The van der Waals surface area contributed by atoms with E-state index in [4.69, 9.17) is 4.74 Å². The molecule has 0 aromatic carbocycles. The zero-order valence-electron chi connectivity index (χ0n) is 14.3. The number of nitrogens with zero attached hydrogens (tertiary/aromatic N) is 3. The molecule has 1 amide bonds. The Morgan fingerprint density at radius 3 is 2.92 bits per heavy atom. The summed E-state index contributed by atoms with van der Waals surface area (Å²) < 4.78 is 4.85. The number of amides is 1. The van der Waals surface area contributed by atoms with Crippen LogP contribution in [0.2, 0.25) is 0 Å². The van der Waals surface area contributed by atoms with Crippen LogP contribution in [0.3, 0.4) is 0 Å². The molecule has 2 atom stereocenters. The number of pyridine rings is 1. The second-order valence-electron chi connectivity index (χ2n) is 6.28. The van der Waals surface area contributed by atoms with Crippen LogP contribution in [0, 0.1) is 11.3 Å². The van der Waals surface area contributed by atoms with E-state index in [-0.39, 0.29) is 31.0 Å². The first-order valence-electron chi connectivity index (χ1n) is 8.08. The molecule has 1 saturated heterocycles. The molecule has 1 aromatic heterocycles. The minimum absolute atomic E-state index is 0.0153. The third kappa shape index (κ3) is 4.22. The van der Waals surface area contributed by atoms with Gasteiger partial charge in [0.2, 0.25) is 5.91 Å². The lowest BCUT2D eigenvalue weighted by Gasteiger charge is -2.36. The van der Waals surface area contributed by atoms with Crippen LogP contribution in [0.4, 0.5) is 5.82 Å². The molecule has 2 heterocycles. The molecule has 130 valence electrons. The van der Waals surface area contributed by atoms with E-state index in [0.29, 0.717) is 24.3 Å². The minimum atomic E-state index is -0.726. The Morgan fingerprint density at radius 1 is 1.58 bits per heavy atom. The Bertz CT molecular complexity index is 627. The fourth-order valence-corrected chi connectivity index (χ4v) is 2.71. The van der Waals surface area contributed by atoms with Crippen LogP contribution in [-0.4, -0.2) is 59.8 Å². The number of carbonyl (C=O) groups is 1. The molecule has 0 spiro atoms. The van der Waals surface area contributed by atoms with Gasteiger partial charge in [-0.2, -0.15) is 5.26 Å². The molecule has 0 aliphatic carbocycles. The molecule has 7 nitrogen and oxygen atoms in total. The average molecular weight is 332 g/mol. The second-order valence-corrected chi connectivity index (χ2v) is 6.28. The Morgan fingerprint density at radius 2 is 2.33 bits per heavy atom. The zero-order chi connectivity index (χ0) is 17.7. The lowest BCUT2D eigenvalue weighted by molar-refractivity contribution is -0.138. The Kier molecular flexibility index (Phi) is 6.12. The molecular weight excluding hydrogens is 308 g/mol. The van der Waals surface area contributed by atoms with E-state index < -0.39 is 6.10 Å². The lowest BCUT2D eigenvalue weighted by Crippen LogP contribution is -2.52. The van der Waals surface area contributed by atoms with Crippen LogP contribution in [0.15, 0.2) is 12.1 Å². The van der Waals surface area contributed by atoms with Crippen molar-refractivity contribution in [2.75, 3.05) is 32.1 Å². The Hall–Kier alpha value is -2.17. The smallest absolute Gasteiger partial charge is 0.248 e. The number of anilines is 1. The van der Waals surface area contributed by atoms with Crippen LogP contribution in [0.5, 0.6) is 0 Å². The van der Waals surface area contributed by atoms with Gasteiger partial charge in [-0.05, 0) is 24.5 Å². The summed E-state index contributed by atoms with van der Waals surface area (Å²) >= 11 is 0. The number of methoxy groups -OCH3 is 1. The van der Waals surface area contributed by atoms with Crippen LogP contribution in [0.25, 0.3) is 0 Å². The predicted octanol–water partition coefficient (Wildman–Crippen LogP) is 1.10. The van der Waals surface area contributed by atoms with Gasteiger partial charge in [-0.15, -0.1) is 0 Å². The maximum Gasteiger partial charge on any atom is 0.248 e. The van der Waals surface area contributed by atoms with Gasteiger partial charge in [0.05, 0.1) is 17.7 Å². The molecular formula is C17H24N4O3. The first-order chi connectivity index (χ1) is 11.5. The Balaban J connectivity index is 2.08. The van der Waals surface area contributed by atoms with Crippen molar-refractivity contribution in [1.82, 2.24) is 9.88 Å². The van der Waals surface area contributed by atoms with E-state index in [1.54, 1.807) is 11.0 Å². The van der Waals surface area contributed by atoms with Crippen molar-refractivity contribution in [3.05, 3.63) is 23.4 Å². The van der Waals surface area contributed by atoms with Crippen molar-refractivity contribution >= 4 is 11.7 Å². The van der Waals surface area contributed by atoms with Crippen molar-refractivity contribution < 1.29 is 14.6 Å². The van der Waals surface area contributed by atoms with Gasteiger partial charge in [0.15, 0.2) is 0 Å². The van der Waals surface area contributed by atoms with Crippen LogP contribution in [-0.2, 0) is 9.53 Å². The molecule has 1 fully saturated rings. The normalized spacial score (nSPS) is 20.8. The van der Waals surface area contributed by atoms with E-state index >= 15 is 0 Å². The van der Waals surface area contributed by atoms with E-state index in [0.717, 1.165) is 5.69 Å². The van der Waals surface area contributed by atoms with E-state index in [1.807, 2.05) is 19.9 Å². The van der Waals surface area contributed by atoms with Gasteiger partial charge in [-0.3, -0.25) is 4.79 Å². The van der Waals surface area contributed by atoms with Crippen molar-refractivity contribution in [1.29, 1.82) is 5.26 Å². The molecule has 0 bridgehead atoms. The summed E-state index contributed by atoms with van der Waals surface area (Å²) in [4.78, 5) is 17.9. The van der Waals surface area contributed by atoms with E-state index in [2.05, 4.69) is 16.4 Å². The predicted molar refractivity (Wildman–Crippen MR) is 89.5 cm³/mol. The highest BCUT2D eigenvalue weighted by atomic mass is 16.5. The summed E-state index contributed by atoms with van der Waals surface area (Å²) in [6.07, 6.45) is -0.148. The highest BCUT2D eigenvalue weighted by molar-refractivity contribution is 5.77. The van der Waals surface area contributed by atoms with Crippen molar-refractivity contribution in [2.24, 2.45) is 0 Å². The Labute approximate surface area is 142 Å². The molecule has 24 heavy (non-hydrogen) atoms. The van der Waals surface area contributed by atoms with Crippen LogP contribution in [0.1, 0.15) is 37.4 Å². The molecule has 1 aliphatic rings. The largest absolute Gasteiger partial charge is 0.389 e. The maximum absolute atomic E-state index is 11.8. The summed E-state index contributed by atoms with van der Waals surface area (Å²) in [6, 6.07) is 5.46. The number of ether oxygens (including phenoxy) is 1. The van der Waals surface area contributed by atoms with Gasteiger partial charge in [-0.1, -0.05) is 13.8 Å². The first kappa shape index (κ1) is 18.2. The highest BCUT2D eigenvalue weighted by Gasteiger charge is 2.30. The summed E-state index contributed by atoms with van der Waals surface area (Å²) in [5.74, 6) is 0.605. The molecule has 1 aromatic rings. The van der Waals surface area contributed by atoms with Gasteiger partial charge in [0.1, 0.15) is 18.5 Å². The molecule has 7 heteroatoms. The van der Waals surface area contributed by atoms with E-state index in [9.17, 15) is 15.2 Å². The van der Waals surface area contributed by atoms with Crippen molar-refractivity contribution in [3.63, 3.8) is 0 Å². The van der Waals surface area contributed by atoms with Crippen LogP contribution >= 0.6 is 0 Å². The number of hydrogen-bond donors (Lipinski definition) is 2. The standard InChI is InChI=1S/C17H24N4O3/c1-11(2)13-5-4-12(8-18)17(19-13)20-14-6-7-21(9-15(14)22)16(23)10-24-3/h4-5,11,14-15,22H,6-7,9-10H2,1-3H3,(H,19,20)/t14-,15-/m0/s1. The molecule has 1 aliphatic heterocycles. The summed E-state index contributed by atoms with van der Waals surface area (Å²) in [5.41, 5.74) is 1.34. The monoisotopic (exact) mass is 332 g/mol. The third-order valence-electron chi connectivity index (χ3n) is 4.15. The lowest BCUT2D eigenvalue weighted by atomic mass is 10.0. The first-order valence-corrected chi connectivity index (χ1v) is 8.08. The topological polar surface area (TPSA) is 98.5 Å². The second kappa shape index (κ2) is 8.08. The average Bonchev–Trinajstić information content (AvgIpc) is 2.56. The SMILES string of the molecule is COCC(=O)N1CC[C@H](Nc2nc(C(C)C)ccc2C#N)[C@@H](O)C1. The summed E-state index contributed by atoms with van der Waals surface area (Å²) in [6.45, 7) is 4.86. The third-order valence-corrected chi connectivity index (χ3v) is 4.15. The minimum Gasteiger partial charge on any atom is -0.389 e. The summed E-state index contributed by atoms with van der Waals surface area (Å²) in [7, 11) is 1.47. The number of likely N-dealkylation sites (tertiary alicyclic amines) is 1. The number of rotatable bonds is 5. The number of aromatic nitrogens is 1. The van der Waals surface area contributed by atoms with Gasteiger partial charge in [-0.25, -0.2) is 4.98 Å². The van der Waals surface area contributed by atoms with Gasteiger partial charge < -0.3 is 20.1 Å². The number of aliphatic hydroxyl groups is 1. The van der Waals surface area contributed by atoms with Crippen LogP contribution < -0.4 is 5.32 Å². The highest BCUT2D eigenvalue weighted by Crippen LogP contribution is 2.22. The number of β-amino-alcohol motifs (C(OH)–C–C–N with tert-alkyl or cyclic N) is 1. The molecule has 0 unspecified atom stereocenters. The number of aliphatic hydroxyl groups excluding tert-OH is 1. The molecule has 0 radical (unpaired) electrons. The number of nitriles is 1. The van der Waals surface area contributed by atoms with E-state index in [1.165, 1.54) is 7.11 Å². The van der Waals surface area contributed by atoms with Crippen molar-refractivity contribution in [3.8, 4) is 6.07 Å². The van der Waals surface area contributed by atoms with Crippen molar-refractivity contribution in [2.45, 2.75) is 38.3 Å². The van der Waals surface area contributed by atoms with Gasteiger partial charge in [0, 0.05) is 25.9 Å². The van der Waals surface area contributed by atoms with Gasteiger partial charge >= 0.3 is 0 Å². The molecule has 0 saturated carbocycles. The number of piperidine rings is 1. The molecule has 2 rings (SSSR count). The fraction of sp³-hybridized carbons (Fsp3) is 0.588. The number of hydrogen-bond acceptors (Lipinski definition) is 6. The fourth-order valence-electron chi connectivity index (χ4n) is 2.71.